The van der Waals surface area contributed by atoms with Crippen LogP contribution in [0.1, 0.15) is 25.7 Å². The summed E-state index contributed by atoms with van der Waals surface area (Å²) in [7, 11) is 0. The summed E-state index contributed by atoms with van der Waals surface area (Å²) in [5, 5.41) is 6.25. The van der Waals surface area contributed by atoms with Gasteiger partial charge in [-0.05, 0) is 32.4 Å². The van der Waals surface area contributed by atoms with Crippen LogP contribution in [0.4, 0.5) is 0 Å². The van der Waals surface area contributed by atoms with Gasteiger partial charge in [0.2, 0.25) is 11.8 Å². The average Bonchev–Trinajstić information content (AvgIpc) is 2.66. The molecule has 16 heavy (non-hydrogen) atoms. The summed E-state index contributed by atoms with van der Waals surface area (Å²) in [6.07, 6.45) is 3.46. The highest BCUT2D eigenvalue weighted by Gasteiger charge is 2.23. The third-order valence-corrected chi connectivity index (χ3v) is 3.21. The Morgan fingerprint density at radius 2 is 2.19 bits per heavy atom. The molecule has 2 aliphatic rings. The van der Waals surface area contributed by atoms with Crippen molar-refractivity contribution in [3.63, 3.8) is 0 Å². The van der Waals surface area contributed by atoms with Crippen LogP contribution in [-0.4, -0.2) is 48.9 Å². The fourth-order valence-electron chi connectivity index (χ4n) is 2.28. The van der Waals surface area contributed by atoms with Gasteiger partial charge in [-0.25, -0.2) is 0 Å². The third-order valence-electron chi connectivity index (χ3n) is 3.21. The Kier molecular flexibility index (Phi) is 3.77. The van der Waals surface area contributed by atoms with Crippen LogP contribution in [0.3, 0.4) is 0 Å². The first-order valence-corrected chi connectivity index (χ1v) is 6.03. The topological polar surface area (TPSA) is 61.4 Å². The normalized spacial score (nSPS) is 22.5. The summed E-state index contributed by atoms with van der Waals surface area (Å²) in [6, 6.07) is 0.284. The van der Waals surface area contributed by atoms with E-state index in [9.17, 15) is 9.59 Å². The zero-order valence-corrected chi connectivity index (χ0v) is 9.50. The van der Waals surface area contributed by atoms with Crippen molar-refractivity contribution in [2.75, 3.05) is 26.2 Å². The summed E-state index contributed by atoms with van der Waals surface area (Å²) in [5.74, 6) is 0.0996. The predicted octanol–water partition coefficient (Wildman–Crippen LogP) is -0.523. The van der Waals surface area contributed by atoms with Crippen LogP contribution >= 0.6 is 0 Å². The van der Waals surface area contributed by atoms with Gasteiger partial charge in [0.05, 0.1) is 6.54 Å². The predicted molar refractivity (Wildman–Crippen MR) is 59.8 cm³/mol. The lowest BCUT2D eigenvalue weighted by Gasteiger charge is -2.24. The number of nitrogens with zero attached hydrogens (tertiary/aromatic N) is 1. The van der Waals surface area contributed by atoms with Gasteiger partial charge in [-0.15, -0.1) is 0 Å². The smallest absolute Gasteiger partial charge is 0.239 e. The molecule has 2 aliphatic heterocycles. The quantitative estimate of drug-likeness (QED) is 0.679. The maximum atomic E-state index is 11.7. The highest BCUT2D eigenvalue weighted by molar-refractivity contribution is 5.85. The van der Waals surface area contributed by atoms with E-state index in [0.717, 1.165) is 38.9 Å². The highest BCUT2D eigenvalue weighted by Crippen LogP contribution is 2.09. The summed E-state index contributed by atoms with van der Waals surface area (Å²) in [6.45, 7) is 2.91. The number of carbonyl (C=O) groups excluding carboxylic acids is 2. The molecule has 0 aromatic carbocycles. The number of rotatable bonds is 3. The van der Waals surface area contributed by atoms with Gasteiger partial charge < -0.3 is 15.5 Å². The van der Waals surface area contributed by atoms with Gasteiger partial charge in [-0.3, -0.25) is 9.59 Å². The van der Waals surface area contributed by atoms with Crippen molar-refractivity contribution in [3.05, 3.63) is 0 Å². The van der Waals surface area contributed by atoms with Gasteiger partial charge in [-0.1, -0.05) is 0 Å². The molecule has 0 aromatic rings. The average molecular weight is 225 g/mol. The first-order chi connectivity index (χ1) is 7.75. The third kappa shape index (κ3) is 2.95. The molecule has 0 bridgehead atoms. The second-order valence-electron chi connectivity index (χ2n) is 4.51. The lowest BCUT2D eigenvalue weighted by molar-refractivity contribution is -0.133. The second-order valence-corrected chi connectivity index (χ2v) is 4.51. The molecular weight excluding hydrogens is 206 g/mol. The lowest BCUT2D eigenvalue weighted by Crippen LogP contribution is -2.46. The van der Waals surface area contributed by atoms with Crippen molar-refractivity contribution in [1.82, 2.24) is 15.5 Å². The van der Waals surface area contributed by atoms with Crippen molar-refractivity contribution < 1.29 is 9.59 Å². The van der Waals surface area contributed by atoms with Crippen LogP contribution < -0.4 is 10.6 Å². The van der Waals surface area contributed by atoms with E-state index in [0.29, 0.717) is 6.42 Å². The van der Waals surface area contributed by atoms with Gasteiger partial charge in [0.1, 0.15) is 0 Å². The van der Waals surface area contributed by atoms with Crippen LogP contribution in [0.25, 0.3) is 0 Å². The molecule has 2 saturated heterocycles. The molecule has 0 unspecified atom stereocenters. The Morgan fingerprint density at radius 3 is 2.81 bits per heavy atom. The molecule has 0 spiro atoms. The number of carbonyl (C=O) groups is 2. The molecule has 90 valence electrons. The van der Waals surface area contributed by atoms with Gasteiger partial charge in [0.25, 0.3) is 0 Å². The minimum absolute atomic E-state index is 0.0119. The summed E-state index contributed by atoms with van der Waals surface area (Å²) >= 11 is 0. The molecule has 0 aromatic heterocycles. The first kappa shape index (κ1) is 11.4. The fourth-order valence-corrected chi connectivity index (χ4v) is 2.28. The molecule has 0 atom stereocenters. The van der Waals surface area contributed by atoms with E-state index in [1.54, 1.807) is 4.90 Å². The van der Waals surface area contributed by atoms with E-state index in [-0.39, 0.29) is 24.4 Å². The molecule has 2 amide bonds. The SMILES string of the molecule is O=C(CN1CCCC1=O)NC1CCNCC1. The Hall–Kier alpha value is -1.10. The summed E-state index contributed by atoms with van der Waals surface area (Å²) in [5.41, 5.74) is 0. The standard InChI is InChI=1S/C11H19N3O2/c15-10(8-14-7-1-2-11(14)16)13-9-3-5-12-6-4-9/h9,12H,1-8H2,(H,13,15). The number of hydrogen-bond donors (Lipinski definition) is 2. The number of amides is 2. The van der Waals surface area contributed by atoms with Crippen LogP contribution in [0.5, 0.6) is 0 Å². The minimum atomic E-state index is -0.0119. The lowest BCUT2D eigenvalue weighted by atomic mass is 10.1. The molecule has 5 nitrogen and oxygen atoms in total. The van der Waals surface area contributed by atoms with E-state index < -0.39 is 0 Å². The first-order valence-electron chi connectivity index (χ1n) is 6.03. The second kappa shape index (κ2) is 5.30. The van der Waals surface area contributed by atoms with Gasteiger partial charge in [0, 0.05) is 19.0 Å². The van der Waals surface area contributed by atoms with Gasteiger partial charge >= 0.3 is 0 Å². The Balaban J connectivity index is 1.72. The van der Waals surface area contributed by atoms with E-state index in [1.807, 2.05) is 0 Å². The molecule has 0 saturated carbocycles. The number of hydrogen-bond acceptors (Lipinski definition) is 3. The minimum Gasteiger partial charge on any atom is -0.352 e. The molecule has 2 heterocycles. The van der Waals surface area contributed by atoms with Crippen molar-refractivity contribution >= 4 is 11.8 Å². The summed E-state index contributed by atoms with van der Waals surface area (Å²) in [4.78, 5) is 24.7. The van der Waals surface area contributed by atoms with E-state index in [4.69, 9.17) is 0 Å². The summed E-state index contributed by atoms with van der Waals surface area (Å²) < 4.78 is 0. The monoisotopic (exact) mass is 225 g/mol. The zero-order chi connectivity index (χ0) is 11.4. The zero-order valence-electron chi connectivity index (χ0n) is 9.50. The van der Waals surface area contributed by atoms with E-state index in [1.165, 1.54) is 0 Å². The maximum absolute atomic E-state index is 11.7. The maximum Gasteiger partial charge on any atom is 0.239 e. The molecule has 0 aliphatic carbocycles. The molecule has 2 N–H and O–H groups in total. The van der Waals surface area contributed by atoms with Crippen molar-refractivity contribution in [3.8, 4) is 0 Å². The molecular formula is C11H19N3O2. The van der Waals surface area contributed by atoms with E-state index in [2.05, 4.69) is 10.6 Å². The number of piperidine rings is 1. The van der Waals surface area contributed by atoms with Crippen molar-refractivity contribution in [2.24, 2.45) is 0 Å². The van der Waals surface area contributed by atoms with Crippen LogP contribution in [0, 0.1) is 0 Å². The van der Waals surface area contributed by atoms with Crippen LogP contribution in [0.2, 0.25) is 0 Å². The highest BCUT2D eigenvalue weighted by atomic mass is 16.2. The Labute approximate surface area is 95.6 Å². The Morgan fingerprint density at radius 1 is 1.44 bits per heavy atom. The number of nitrogens with one attached hydrogen (secondary N) is 2. The van der Waals surface area contributed by atoms with Crippen molar-refractivity contribution in [2.45, 2.75) is 31.7 Å². The van der Waals surface area contributed by atoms with Crippen molar-refractivity contribution in [1.29, 1.82) is 0 Å². The number of likely N-dealkylation sites (tertiary alicyclic amines) is 1. The van der Waals surface area contributed by atoms with Gasteiger partial charge in [0.15, 0.2) is 0 Å². The molecule has 2 fully saturated rings. The van der Waals surface area contributed by atoms with Crippen LogP contribution in [-0.2, 0) is 9.59 Å². The largest absolute Gasteiger partial charge is 0.352 e. The molecule has 2 rings (SSSR count). The van der Waals surface area contributed by atoms with E-state index >= 15 is 0 Å². The molecule has 5 heteroatoms. The molecule has 0 radical (unpaired) electrons. The van der Waals surface area contributed by atoms with Gasteiger partial charge in [-0.2, -0.15) is 0 Å². The fraction of sp³-hybridized carbons (Fsp3) is 0.818. The Bertz CT molecular complexity index is 274. The van der Waals surface area contributed by atoms with Crippen LogP contribution in [0.15, 0.2) is 0 Å².